The Morgan fingerprint density at radius 2 is 1.71 bits per heavy atom. The van der Waals surface area contributed by atoms with Gasteiger partial charge < -0.3 is 23.7 Å². The third-order valence-electron chi connectivity index (χ3n) is 5.71. The van der Waals surface area contributed by atoms with E-state index >= 15 is 0 Å². The topological polar surface area (TPSA) is 134 Å². The highest BCUT2D eigenvalue weighted by Crippen LogP contribution is 2.34. The van der Waals surface area contributed by atoms with Gasteiger partial charge in [0.2, 0.25) is 6.29 Å². The fourth-order valence-corrected chi connectivity index (χ4v) is 4.00. The third kappa shape index (κ3) is 6.48. The molecule has 1 fully saturated rings. The number of benzene rings is 2. The van der Waals surface area contributed by atoms with Crippen LogP contribution >= 0.6 is 8.69 Å². The summed E-state index contributed by atoms with van der Waals surface area (Å²) in [6, 6.07) is 18.7. The van der Waals surface area contributed by atoms with Gasteiger partial charge in [-0.05, 0) is 17.7 Å². The van der Waals surface area contributed by atoms with Crippen LogP contribution < -0.4 is 11.2 Å². The number of esters is 1. The van der Waals surface area contributed by atoms with Crippen LogP contribution in [0, 0.1) is 0 Å². The molecule has 0 radical (unpaired) electrons. The molecule has 1 saturated heterocycles. The third-order valence-corrected chi connectivity index (χ3v) is 5.92. The van der Waals surface area contributed by atoms with E-state index in [4.69, 9.17) is 23.7 Å². The minimum Gasteiger partial charge on any atom is -0.450 e. The summed E-state index contributed by atoms with van der Waals surface area (Å²) in [5, 5.41) is 0. The summed E-state index contributed by atoms with van der Waals surface area (Å²) < 4.78 is 45.5. The Morgan fingerprint density at radius 1 is 1.00 bits per heavy atom. The first-order valence-electron chi connectivity index (χ1n) is 11.5. The molecule has 1 aromatic heterocycles. The maximum Gasteiger partial charge on any atom is 0.338 e. The van der Waals surface area contributed by atoms with Crippen LogP contribution in [0.5, 0.6) is 0 Å². The molecular weight excluding hydrogens is 519 g/mol. The van der Waals surface area contributed by atoms with Crippen LogP contribution in [-0.4, -0.2) is 47.5 Å². The van der Waals surface area contributed by atoms with Crippen molar-refractivity contribution in [2.45, 2.75) is 38.1 Å². The lowest BCUT2D eigenvalue weighted by Gasteiger charge is -2.23. The molecule has 2 aromatic carbocycles. The first kappa shape index (κ1) is 27.5. The van der Waals surface area contributed by atoms with Gasteiger partial charge in [0.1, 0.15) is 12.8 Å². The molecule has 4 atom stereocenters. The molecule has 38 heavy (non-hydrogen) atoms. The molecule has 3 aromatic rings. The molecule has 0 bridgehead atoms. The van der Waals surface area contributed by atoms with E-state index in [2.05, 4.69) is 4.52 Å². The quantitative estimate of drug-likeness (QED) is 0.145. The number of hydrogen-bond donors (Lipinski definition) is 0. The number of rotatable bonds is 12. The predicted molar refractivity (Wildman–Crippen MR) is 131 cm³/mol. The number of hydrogen-bond acceptors (Lipinski definition) is 10. The molecule has 0 saturated carbocycles. The van der Waals surface area contributed by atoms with E-state index in [0.29, 0.717) is 0 Å². The van der Waals surface area contributed by atoms with E-state index in [1.165, 1.54) is 19.4 Å². The van der Waals surface area contributed by atoms with Crippen molar-refractivity contribution < 1.29 is 37.6 Å². The Bertz CT molecular complexity index is 1330. The van der Waals surface area contributed by atoms with Crippen molar-refractivity contribution in [1.29, 1.82) is 0 Å². The highest BCUT2D eigenvalue weighted by atomic mass is 31.1. The number of methoxy groups -OCH3 is 1. The second-order valence-electron chi connectivity index (χ2n) is 8.05. The van der Waals surface area contributed by atoms with Crippen LogP contribution in [0.4, 0.5) is 0 Å². The van der Waals surface area contributed by atoms with Crippen LogP contribution in [0.3, 0.4) is 0 Å². The number of aromatic nitrogens is 2. The van der Waals surface area contributed by atoms with Crippen LogP contribution in [0.15, 0.2) is 82.5 Å². The average Bonchev–Trinajstić information content (AvgIpc) is 3.28. The summed E-state index contributed by atoms with van der Waals surface area (Å²) in [4.78, 5) is 38.5. The van der Waals surface area contributed by atoms with E-state index in [-0.39, 0.29) is 18.9 Å². The molecule has 13 heteroatoms. The highest BCUT2D eigenvalue weighted by Gasteiger charge is 2.50. The van der Waals surface area contributed by atoms with E-state index in [1.54, 1.807) is 30.3 Å². The summed E-state index contributed by atoms with van der Waals surface area (Å²) in [5.74, 6) is -0.676. The Labute approximate surface area is 218 Å². The molecule has 0 aliphatic carbocycles. The van der Waals surface area contributed by atoms with Gasteiger partial charge in [-0.15, -0.1) is 0 Å². The Balaban J connectivity index is 1.57. The van der Waals surface area contributed by atoms with Crippen molar-refractivity contribution >= 4 is 14.7 Å². The van der Waals surface area contributed by atoms with Gasteiger partial charge in [0, 0.05) is 19.4 Å². The van der Waals surface area contributed by atoms with Crippen molar-refractivity contribution in [2.75, 3.05) is 13.9 Å². The maximum atomic E-state index is 13.3. The van der Waals surface area contributed by atoms with Gasteiger partial charge in [-0.3, -0.25) is 13.9 Å². The summed E-state index contributed by atoms with van der Waals surface area (Å²) in [7, 11) is 0.726. The smallest absolute Gasteiger partial charge is 0.338 e. The minimum absolute atomic E-state index is 0.189. The lowest BCUT2D eigenvalue weighted by atomic mass is 10.2. The summed E-state index contributed by atoms with van der Waals surface area (Å²) in [6.45, 7) is -0.574. The largest absolute Gasteiger partial charge is 0.450 e. The summed E-state index contributed by atoms with van der Waals surface area (Å²) in [5.41, 5.74) is -0.159. The molecular formula is C25H25N2O10P. The normalized spacial score (nSPS) is 21.0. The SMILES string of the molecule is CO[C@H]1C(OC(=O)c2ccccc2)[C@@H](OCOP=O)O[C@H]1n1ccc(=O)n(COCc2ccccc2)c1=O. The standard InChI is InChI=1S/C25H25N2O10P/c1-32-20-21(36-23(29)18-10-6-3-7-11-18)24(34-16-35-38-31)37-22(20)26-13-12-19(28)27(25(26)30)15-33-14-17-8-4-2-5-9-17/h2-13,20-22,24H,14-16H2,1H3/t20-,21?,22+,24-/m0/s1. The molecule has 4 rings (SSSR count). The molecule has 2 heterocycles. The average molecular weight is 544 g/mol. The van der Waals surface area contributed by atoms with Gasteiger partial charge in [-0.1, -0.05) is 48.5 Å². The summed E-state index contributed by atoms with van der Waals surface area (Å²) >= 11 is 0. The second-order valence-corrected chi connectivity index (χ2v) is 8.46. The Morgan fingerprint density at radius 3 is 2.39 bits per heavy atom. The first-order valence-corrected chi connectivity index (χ1v) is 12.2. The predicted octanol–water partition coefficient (Wildman–Crippen LogP) is 2.48. The van der Waals surface area contributed by atoms with Crippen molar-refractivity contribution in [3.05, 3.63) is 105 Å². The molecule has 1 aliphatic rings. The molecule has 0 amide bonds. The van der Waals surface area contributed by atoms with E-state index < -0.39 is 57.4 Å². The number of nitrogens with zero attached hydrogens (tertiary/aromatic N) is 2. The van der Waals surface area contributed by atoms with Gasteiger partial charge in [-0.2, -0.15) is 0 Å². The van der Waals surface area contributed by atoms with Crippen molar-refractivity contribution in [1.82, 2.24) is 9.13 Å². The summed E-state index contributed by atoms with van der Waals surface area (Å²) in [6.07, 6.45) is -3.32. The molecule has 1 aliphatic heterocycles. The molecule has 0 spiro atoms. The van der Waals surface area contributed by atoms with Crippen molar-refractivity contribution in [2.24, 2.45) is 0 Å². The Hall–Kier alpha value is -3.51. The Kier molecular flexibility index (Phi) is 9.66. The van der Waals surface area contributed by atoms with Crippen LogP contribution in [0.2, 0.25) is 0 Å². The van der Waals surface area contributed by atoms with Crippen LogP contribution in [0.25, 0.3) is 0 Å². The molecule has 200 valence electrons. The monoisotopic (exact) mass is 544 g/mol. The van der Waals surface area contributed by atoms with E-state index in [1.807, 2.05) is 30.3 Å². The van der Waals surface area contributed by atoms with Crippen molar-refractivity contribution in [3.8, 4) is 0 Å². The molecule has 1 unspecified atom stereocenters. The van der Waals surface area contributed by atoms with Gasteiger partial charge in [0.05, 0.1) is 12.2 Å². The van der Waals surface area contributed by atoms with Gasteiger partial charge in [-0.25, -0.2) is 18.7 Å². The van der Waals surface area contributed by atoms with Gasteiger partial charge in [0.25, 0.3) is 5.56 Å². The fourth-order valence-electron chi connectivity index (χ4n) is 3.90. The lowest BCUT2D eigenvalue weighted by molar-refractivity contribution is -0.201. The zero-order valence-electron chi connectivity index (χ0n) is 20.3. The number of ether oxygens (including phenoxy) is 5. The minimum atomic E-state index is -1.25. The lowest BCUT2D eigenvalue weighted by Crippen LogP contribution is -2.44. The zero-order valence-corrected chi connectivity index (χ0v) is 21.2. The highest BCUT2D eigenvalue weighted by molar-refractivity contribution is 7.17. The maximum absolute atomic E-state index is 13.3. The van der Waals surface area contributed by atoms with E-state index in [0.717, 1.165) is 14.7 Å². The molecule has 0 N–H and O–H groups in total. The molecule has 12 nitrogen and oxygen atoms in total. The van der Waals surface area contributed by atoms with Crippen LogP contribution in [0.1, 0.15) is 22.1 Å². The second kappa shape index (κ2) is 13.3. The van der Waals surface area contributed by atoms with Gasteiger partial charge >= 0.3 is 20.3 Å². The van der Waals surface area contributed by atoms with Gasteiger partial charge in [0.15, 0.2) is 19.1 Å². The fraction of sp³-hybridized carbons (Fsp3) is 0.320. The number of carbonyl (C=O) groups excluding carboxylic acids is 1. The first-order chi connectivity index (χ1) is 18.5. The van der Waals surface area contributed by atoms with Crippen molar-refractivity contribution in [3.63, 3.8) is 0 Å². The van der Waals surface area contributed by atoms with E-state index in [9.17, 15) is 18.9 Å². The number of carbonyl (C=O) groups is 1. The zero-order chi connectivity index (χ0) is 26.9. The van der Waals surface area contributed by atoms with Crippen LogP contribution in [-0.2, 0) is 46.1 Å².